The van der Waals surface area contributed by atoms with E-state index in [2.05, 4.69) is 9.88 Å². The summed E-state index contributed by atoms with van der Waals surface area (Å²) in [6.07, 6.45) is 4.11. The van der Waals surface area contributed by atoms with Gasteiger partial charge < -0.3 is 15.2 Å². The third-order valence-corrected chi connectivity index (χ3v) is 3.78. The molecular weight excluding hydrogens is 242 g/mol. The molecule has 1 aliphatic rings. The van der Waals surface area contributed by atoms with Crippen LogP contribution in [0.2, 0.25) is 0 Å². The minimum absolute atomic E-state index is 0.677. The molecule has 1 aromatic rings. The average Bonchev–Trinajstić information content (AvgIpc) is 2.47. The normalized spacial score (nSPS) is 17.4. The fourth-order valence-corrected chi connectivity index (χ4v) is 2.56. The number of nitrogens with two attached hydrogens (primary N) is 1. The van der Waals surface area contributed by atoms with Crippen LogP contribution in [0.1, 0.15) is 18.5 Å². The second kappa shape index (κ2) is 6.73. The lowest BCUT2D eigenvalue weighted by atomic mass is 9.97. The molecule has 2 rings (SSSR count). The summed E-state index contributed by atoms with van der Waals surface area (Å²) in [5.74, 6) is 2.16. The summed E-state index contributed by atoms with van der Waals surface area (Å²) in [5.41, 5.74) is 6.66. The molecule has 0 spiro atoms. The summed E-state index contributed by atoms with van der Waals surface area (Å²) >= 11 is 0. The number of nitrogens with zero attached hydrogens (tertiary/aromatic N) is 2. The summed E-state index contributed by atoms with van der Waals surface area (Å²) in [5, 5.41) is 0. The quantitative estimate of drug-likeness (QED) is 0.868. The van der Waals surface area contributed by atoms with E-state index in [-0.39, 0.29) is 0 Å². The van der Waals surface area contributed by atoms with Gasteiger partial charge in [0.1, 0.15) is 5.69 Å². The molecule has 0 amide bonds. The number of hydrogen-bond donors (Lipinski definition) is 1. The first-order chi connectivity index (χ1) is 9.28. The minimum atomic E-state index is 0.677. The van der Waals surface area contributed by atoms with Crippen molar-refractivity contribution in [1.29, 1.82) is 0 Å². The van der Waals surface area contributed by atoms with Gasteiger partial charge in [-0.05, 0) is 38.4 Å². The van der Waals surface area contributed by atoms with Gasteiger partial charge in [-0.25, -0.2) is 0 Å². The van der Waals surface area contributed by atoms with E-state index in [0.717, 1.165) is 43.4 Å². The lowest BCUT2D eigenvalue weighted by molar-refractivity contribution is 0.176. The first-order valence-corrected chi connectivity index (χ1v) is 6.76. The van der Waals surface area contributed by atoms with E-state index in [1.807, 2.05) is 6.07 Å². The lowest BCUT2D eigenvalue weighted by Gasteiger charge is -2.31. The molecule has 19 heavy (non-hydrogen) atoms. The van der Waals surface area contributed by atoms with Crippen molar-refractivity contribution in [1.82, 2.24) is 9.88 Å². The molecule has 1 aliphatic heterocycles. The highest BCUT2D eigenvalue weighted by Gasteiger charge is 2.20. The second-order valence-electron chi connectivity index (χ2n) is 4.95. The fourth-order valence-electron chi connectivity index (χ4n) is 2.56. The van der Waals surface area contributed by atoms with Crippen molar-refractivity contribution in [3.8, 4) is 11.5 Å². The third kappa shape index (κ3) is 3.36. The Morgan fingerprint density at radius 3 is 2.63 bits per heavy atom. The number of methoxy groups -OCH3 is 2. The average molecular weight is 265 g/mol. The molecular formula is C14H23N3O2. The van der Waals surface area contributed by atoms with E-state index in [1.165, 1.54) is 12.8 Å². The molecule has 5 nitrogen and oxygen atoms in total. The summed E-state index contributed by atoms with van der Waals surface area (Å²) in [7, 11) is 3.30. The Labute approximate surface area is 114 Å². The van der Waals surface area contributed by atoms with Gasteiger partial charge in [-0.1, -0.05) is 0 Å². The number of aromatic nitrogens is 1. The first-order valence-electron chi connectivity index (χ1n) is 6.76. The Bertz CT molecular complexity index is 404. The molecule has 2 heterocycles. The molecule has 0 atom stereocenters. The maximum atomic E-state index is 5.72. The van der Waals surface area contributed by atoms with Crippen LogP contribution in [0.3, 0.4) is 0 Å². The van der Waals surface area contributed by atoms with Gasteiger partial charge in [0.2, 0.25) is 0 Å². The standard InChI is InChI=1S/C14H23N3O2/c1-18-13-3-6-16-12(14(13)19-2)10-17-7-4-11(9-15)5-8-17/h3,6,11H,4-5,7-10,15H2,1-2H3. The van der Waals surface area contributed by atoms with Crippen LogP contribution in [0.25, 0.3) is 0 Å². The second-order valence-corrected chi connectivity index (χ2v) is 4.95. The molecule has 0 bridgehead atoms. The Balaban J connectivity index is 2.03. The smallest absolute Gasteiger partial charge is 0.183 e. The van der Waals surface area contributed by atoms with Crippen molar-refractivity contribution in [3.63, 3.8) is 0 Å². The number of pyridine rings is 1. The van der Waals surface area contributed by atoms with E-state index in [9.17, 15) is 0 Å². The van der Waals surface area contributed by atoms with Crippen LogP contribution >= 0.6 is 0 Å². The van der Waals surface area contributed by atoms with E-state index in [4.69, 9.17) is 15.2 Å². The van der Waals surface area contributed by atoms with Crippen LogP contribution in [0, 0.1) is 5.92 Å². The zero-order valence-electron chi connectivity index (χ0n) is 11.8. The molecule has 1 fully saturated rings. The zero-order valence-corrected chi connectivity index (χ0v) is 11.8. The van der Waals surface area contributed by atoms with Gasteiger partial charge in [0.15, 0.2) is 11.5 Å². The lowest BCUT2D eigenvalue weighted by Crippen LogP contribution is -2.35. The first kappa shape index (κ1) is 14.1. The Morgan fingerprint density at radius 2 is 2.05 bits per heavy atom. The van der Waals surface area contributed by atoms with Crippen molar-refractivity contribution < 1.29 is 9.47 Å². The molecule has 1 aromatic heterocycles. The summed E-state index contributed by atoms with van der Waals surface area (Å²) in [6.45, 7) is 3.75. The van der Waals surface area contributed by atoms with Crippen LogP contribution in [-0.2, 0) is 6.54 Å². The predicted octanol–water partition coefficient (Wildman–Crippen LogP) is 1.27. The van der Waals surface area contributed by atoms with E-state index in [0.29, 0.717) is 5.92 Å². The van der Waals surface area contributed by atoms with Crippen molar-refractivity contribution in [2.45, 2.75) is 19.4 Å². The molecule has 5 heteroatoms. The van der Waals surface area contributed by atoms with Gasteiger partial charge in [-0.2, -0.15) is 0 Å². The van der Waals surface area contributed by atoms with E-state index < -0.39 is 0 Å². The maximum absolute atomic E-state index is 5.72. The molecule has 0 aromatic carbocycles. The highest BCUT2D eigenvalue weighted by molar-refractivity contribution is 5.42. The van der Waals surface area contributed by atoms with E-state index >= 15 is 0 Å². The summed E-state index contributed by atoms with van der Waals surface area (Å²) in [6, 6.07) is 1.82. The van der Waals surface area contributed by atoms with Crippen molar-refractivity contribution in [2.75, 3.05) is 33.9 Å². The van der Waals surface area contributed by atoms with Gasteiger partial charge in [0.05, 0.1) is 14.2 Å². The van der Waals surface area contributed by atoms with Crippen LogP contribution in [0.5, 0.6) is 11.5 Å². The summed E-state index contributed by atoms with van der Waals surface area (Å²) in [4.78, 5) is 6.82. The Morgan fingerprint density at radius 1 is 1.32 bits per heavy atom. The van der Waals surface area contributed by atoms with E-state index in [1.54, 1.807) is 20.4 Å². The third-order valence-electron chi connectivity index (χ3n) is 3.78. The van der Waals surface area contributed by atoms with Gasteiger partial charge in [0, 0.05) is 18.8 Å². The molecule has 106 valence electrons. The minimum Gasteiger partial charge on any atom is -0.493 e. The van der Waals surface area contributed by atoms with Crippen LogP contribution < -0.4 is 15.2 Å². The van der Waals surface area contributed by atoms with Crippen LogP contribution in [0.4, 0.5) is 0 Å². The SMILES string of the molecule is COc1ccnc(CN2CCC(CN)CC2)c1OC. The van der Waals surface area contributed by atoms with Gasteiger partial charge in [-0.15, -0.1) is 0 Å². The number of likely N-dealkylation sites (tertiary alicyclic amines) is 1. The fraction of sp³-hybridized carbons (Fsp3) is 0.643. The van der Waals surface area contributed by atoms with Gasteiger partial charge >= 0.3 is 0 Å². The van der Waals surface area contributed by atoms with Crippen molar-refractivity contribution >= 4 is 0 Å². The van der Waals surface area contributed by atoms with Crippen LogP contribution in [-0.4, -0.2) is 43.7 Å². The van der Waals surface area contributed by atoms with Crippen molar-refractivity contribution in [2.24, 2.45) is 11.7 Å². The Hall–Kier alpha value is -1.33. The largest absolute Gasteiger partial charge is 0.493 e. The highest BCUT2D eigenvalue weighted by atomic mass is 16.5. The number of hydrogen-bond acceptors (Lipinski definition) is 5. The predicted molar refractivity (Wildman–Crippen MR) is 74.4 cm³/mol. The maximum Gasteiger partial charge on any atom is 0.183 e. The van der Waals surface area contributed by atoms with Gasteiger partial charge in [-0.3, -0.25) is 9.88 Å². The molecule has 2 N–H and O–H groups in total. The molecule has 0 aliphatic carbocycles. The summed E-state index contributed by atoms with van der Waals surface area (Å²) < 4.78 is 10.7. The number of ether oxygens (including phenoxy) is 2. The van der Waals surface area contributed by atoms with Gasteiger partial charge in [0.25, 0.3) is 0 Å². The monoisotopic (exact) mass is 265 g/mol. The zero-order chi connectivity index (χ0) is 13.7. The molecule has 1 saturated heterocycles. The molecule has 0 radical (unpaired) electrons. The van der Waals surface area contributed by atoms with Crippen molar-refractivity contribution in [3.05, 3.63) is 18.0 Å². The highest BCUT2D eigenvalue weighted by Crippen LogP contribution is 2.30. The molecule has 0 saturated carbocycles. The number of piperidine rings is 1. The number of rotatable bonds is 5. The Kier molecular flexibility index (Phi) is 4.99. The van der Waals surface area contributed by atoms with Crippen LogP contribution in [0.15, 0.2) is 12.3 Å². The topological polar surface area (TPSA) is 60.6 Å². The molecule has 0 unspecified atom stereocenters.